The minimum atomic E-state index is -0.0680. The van der Waals surface area contributed by atoms with Gasteiger partial charge in [0.15, 0.2) is 0 Å². The molecule has 6 heteroatoms. The maximum absolute atomic E-state index is 12.3. The molecule has 1 unspecified atom stereocenters. The Labute approximate surface area is 128 Å². The van der Waals surface area contributed by atoms with Crippen molar-refractivity contribution < 1.29 is 9.21 Å². The van der Waals surface area contributed by atoms with E-state index >= 15 is 0 Å². The van der Waals surface area contributed by atoms with Gasteiger partial charge in [-0.1, -0.05) is 12.1 Å². The molecule has 0 radical (unpaired) electrons. The number of hydrogen-bond acceptors (Lipinski definition) is 4. The van der Waals surface area contributed by atoms with Crippen molar-refractivity contribution in [1.29, 1.82) is 0 Å². The van der Waals surface area contributed by atoms with Gasteiger partial charge < -0.3 is 9.32 Å². The van der Waals surface area contributed by atoms with Gasteiger partial charge in [-0.3, -0.25) is 4.79 Å². The molecule has 1 amide bonds. The summed E-state index contributed by atoms with van der Waals surface area (Å²) in [6.07, 6.45) is 6.10. The number of benzene rings is 1. The van der Waals surface area contributed by atoms with E-state index in [0.717, 1.165) is 11.3 Å². The summed E-state index contributed by atoms with van der Waals surface area (Å²) >= 11 is 0. The molecule has 3 aromatic rings. The highest BCUT2D eigenvalue weighted by molar-refractivity contribution is 5.93. The van der Waals surface area contributed by atoms with Crippen LogP contribution >= 0.6 is 0 Å². The molecule has 0 N–H and O–H groups in total. The van der Waals surface area contributed by atoms with Gasteiger partial charge in [-0.05, 0) is 30.7 Å². The van der Waals surface area contributed by atoms with E-state index in [4.69, 9.17) is 4.42 Å². The van der Waals surface area contributed by atoms with Crippen LogP contribution in [0, 0.1) is 0 Å². The molecule has 0 aliphatic heterocycles. The van der Waals surface area contributed by atoms with E-state index in [-0.39, 0.29) is 11.9 Å². The van der Waals surface area contributed by atoms with Crippen LogP contribution < -0.4 is 0 Å². The fraction of sp³-hybridized carbons (Fsp3) is 0.188. The predicted molar refractivity (Wildman–Crippen MR) is 80.6 cm³/mol. The van der Waals surface area contributed by atoms with Gasteiger partial charge in [-0.25, -0.2) is 9.67 Å². The first-order valence-electron chi connectivity index (χ1n) is 6.91. The molecule has 0 spiro atoms. The molecule has 22 heavy (non-hydrogen) atoms. The standard InChI is InChI=1S/C16H16N4O2/c1-12(19(2)16(21)14-7-8-22-9-14)13-3-5-15(6-4-13)20-11-17-10-18-20/h3-12H,1-2H3. The first kappa shape index (κ1) is 14.1. The highest BCUT2D eigenvalue weighted by atomic mass is 16.3. The molecule has 0 saturated carbocycles. The number of carbonyl (C=O) groups excluding carboxylic acids is 1. The number of carbonyl (C=O) groups is 1. The van der Waals surface area contributed by atoms with E-state index < -0.39 is 0 Å². The van der Waals surface area contributed by atoms with Crippen LogP contribution in [0.4, 0.5) is 0 Å². The largest absolute Gasteiger partial charge is 0.472 e. The molecule has 112 valence electrons. The molecule has 2 aromatic heterocycles. The van der Waals surface area contributed by atoms with Crippen molar-refractivity contribution in [3.8, 4) is 5.69 Å². The molecule has 6 nitrogen and oxygen atoms in total. The Kier molecular flexibility index (Phi) is 3.74. The maximum Gasteiger partial charge on any atom is 0.257 e. The molecular weight excluding hydrogens is 280 g/mol. The van der Waals surface area contributed by atoms with Gasteiger partial charge in [0, 0.05) is 7.05 Å². The second-order valence-electron chi connectivity index (χ2n) is 5.04. The predicted octanol–water partition coefficient (Wildman–Crippen LogP) is 2.69. The van der Waals surface area contributed by atoms with Crippen LogP contribution in [0.5, 0.6) is 0 Å². The Balaban J connectivity index is 1.77. The minimum absolute atomic E-state index is 0.0489. The number of hydrogen-bond donors (Lipinski definition) is 0. The summed E-state index contributed by atoms with van der Waals surface area (Å²) < 4.78 is 6.65. The minimum Gasteiger partial charge on any atom is -0.472 e. The topological polar surface area (TPSA) is 64.2 Å². The van der Waals surface area contributed by atoms with Crippen molar-refractivity contribution in [2.45, 2.75) is 13.0 Å². The summed E-state index contributed by atoms with van der Waals surface area (Å²) in [6.45, 7) is 1.99. The Morgan fingerprint density at radius 3 is 2.64 bits per heavy atom. The van der Waals surface area contributed by atoms with Crippen LogP contribution in [0.15, 0.2) is 59.9 Å². The zero-order chi connectivity index (χ0) is 15.5. The number of rotatable bonds is 4. The first-order chi connectivity index (χ1) is 10.7. The normalized spacial score (nSPS) is 12.1. The van der Waals surface area contributed by atoms with Crippen LogP contribution in [-0.4, -0.2) is 32.6 Å². The quantitative estimate of drug-likeness (QED) is 0.742. The van der Waals surface area contributed by atoms with Crippen molar-refractivity contribution in [3.05, 3.63) is 66.6 Å². The monoisotopic (exact) mass is 296 g/mol. The van der Waals surface area contributed by atoms with Crippen molar-refractivity contribution in [3.63, 3.8) is 0 Å². The van der Waals surface area contributed by atoms with Crippen molar-refractivity contribution >= 4 is 5.91 Å². The molecule has 1 aromatic carbocycles. The molecule has 0 bridgehead atoms. The van der Waals surface area contributed by atoms with Crippen LogP contribution in [0.1, 0.15) is 28.9 Å². The van der Waals surface area contributed by atoms with Gasteiger partial charge in [-0.15, -0.1) is 0 Å². The number of aromatic nitrogens is 3. The summed E-state index contributed by atoms with van der Waals surface area (Å²) in [6, 6.07) is 9.50. The van der Waals surface area contributed by atoms with Crippen molar-refractivity contribution in [2.75, 3.05) is 7.05 Å². The highest BCUT2D eigenvalue weighted by Gasteiger charge is 2.19. The summed E-state index contributed by atoms with van der Waals surface area (Å²) in [5.74, 6) is -0.0680. The van der Waals surface area contributed by atoms with Crippen LogP contribution in [0.25, 0.3) is 5.69 Å². The lowest BCUT2D eigenvalue weighted by atomic mass is 10.1. The summed E-state index contributed by atoms with van der Waals surface area (Å²) in [5.41, 5.74) is 2.52. The average molecular weight is 296 g/mol. The Bertz CT molecular complexity index is 733. The van der Waals surface area contributed by atoms with E-state index in [0.29, 0.717) is 5.56 Å². The molecule has 0 fully saturated rings. The molecule has 2 heterocycles. The lowest BCUT2D eigenvalue weighted by molar-refractivity contribution is 0.0742. The number of furan rings is 1. The Morgan fingerprint density at radius 2 is 2.05 bits per heavy atom. The molecule has 0 saturated heterocycles. The van der Waals surface area contributed by atoms with E-state index in [9.17, 15) is 4.79 Å². The third-order valence-corrected chi connectivity index (χ3v) is 3.73. The fourth-order valence-electron chi connectivity index (χ4n) is 2.24. The zero-order valence-electron chi connectivity index (χ0n) is 12.4. The van der Waals surface area contributed by atoms with Gasteiger partial charge >= 0.3 is 0 Å². The van der Waals surface area contributed by atoms with Gasteiger partial charge in [-0.2, -0.15) is 5.10 Å². The molecule has 1 atom stereocenters. The molecule has 0 aliphatic carbocycles. The molecular formula is C16H16N4O2. The SMILES string of the molecule is CC(c1ccc(-n2cncn2)cc1)N(C)C(=O)c1ccoc1. The lowest BCUT2D eigenvalue weighted by Gasteiger charge is -2.25. The highest BCUT2D eigenvalue weighted by Crippen LogP contribution is 2.22. The van der Waals surface area contributed by atoms with Crippen molar-refractivity contribution in [1.82, 2.24) is 19.7 Å². The maximum atomic E-state index is 12.3. The molecule has 3 rings (SSSR count). The number of amides is 1. The van der Waals surface area contributed by atoms with Crippen molar-refractivity contribution in [2.24, 2.45) is 0 Å². The first-order valence-corrected chi connectivity index (χ1v) is 6.91. The van der Waals surface area contributed by atoms with Gasteiger partial charge in [0.1, 0.15) is 18.9 Å². The van der Waals surface area contributed by atoms with Gasteiger partial charge in [0.25, 0.3) is 5.91 Å². The Hall–Kier alpha value is -2.89. The van der Waals surface area contributed by atoms with Crippen LogP contribution in [0.2, 0.25) is 0 Å². The van der Waals surface area contributed by atoms with E-state index in [2.05, 4.69) is 10.1 Å². The Morgan fingerprint density at radius 1 is 1.27 bits per heavy atom. The lowest BCUT2D eigenvalue weighted by Crippen LogP contribution is -2.29. The second kappa shape index (κ2) is 5.85. The summed E-state index contributed by atoms with van der Waals surface area (Å²) in [7, 11) is 1.78. The smallest absolute Gasteiger partial charge is 0.257 e. The van der Waals surface area contributed by atoms with Gasteiger partial charge in [0.2, 0.25) is 0 Å². The van der Waals surface area contributed by atoms with Gasteiger partial charge in [0.05, 0.1) is 23.6 Å². The zero-order valence-corrected chi connectivity index (χ0v) is 12.4. The second-order valence-corrected chi connectivity index (χ2v) is 5.04. The van der Waals surface area contributed by atoms with E-state index in [1.54, 1.807) is 29.0 Å². The summed E-state index contributed by atoms with van der Waals surface area (Å²) in [4.78, 5) is 17.9. The molecule has 0 aliphatic rings. The fourth-order valence-corrected chi connectivity index (χ4v) is 2.24. The summed E-state index contributed by atoms with van der Waals surface area (Å²) in [5, 5.41) is 4.09. The average Bonchev–Trinajstić information content (AvgIpc) is 3.26. The van der Waals surface area contributed by atoms with E-state index in [1.807, 2.05) is 31.2 Å². The number of nitrogens with zero attached hydrogens (tertiary/aromatic N) is 4. The van der Waals surface area contributed by atoms with Crippen LogP contribution in [-0.2, 0) is 0 Å². The van der Waals surface area contributed by atoms with Crippen LogP contribution in [0.3, 0.4) is 0 Å². The van der Waals surface area contributed by atoms with E-state index in [1.165, 1.54) is 18.9 Å². The third-order valence-electron chi connectivity index (χ3n) is 3.73. The third kappa shape index (κ3) is 2.63.